The molecule has 0 saturated heterocycles. The summed E-state index contributed by atoms with van der Waals surface area (Å²) in [6, 6.07) is 10.1. The summed E-state index contributed by atoms with van der Waals surface area (Å²) in [6.07, 6.45) is 10.2. The van der Waals surface area contributed by atoms with E-state index in [1.807, 2.05) is 0 Å². The summed E-state index contributed by atoms with van der Waals surface area (Å²) >= 11 is 0. The lowest BCUT2D eigenvalue weighted by molar-refractivity contribution is -0.00519. The topological polar surface area (TPSA) is 26.0 Å². The van der Waals surface area contributed by atoms with Gasteiger partial charge in [-0.3, -0.25) is 0 Å². The molecular formula is C19H25N. The summed E-state index contributed by atoms with van der Waals surface area (Å²) in [5, 5.41) is 0. The molecule has 0 radical (unpaired) electrons. The first kappa shape index (κ1) is 11.8. The minimum absolute atomic E-state index is 0.431. The van der Waals surface area contributed by atoms with Crippen LogP contribution >= 0.6 is 0 Å². The Balaban J connectivity index is 1.47. The standard InChI is InChI=1S/C19H25N/c20-18-8-17(18)15-1-3-16(4-2-15)19-9-12-5-13(10-19)7-14(6-12)11-19/h1-4,12-14,17-18H,5-11,20H2. The number of nitrogens with two attached hydrogens (primary N) is 1. The van der Waals surface area contributed by atoms with Gasteiger partial charge in [-0.15, -0.1) is 0 Å². The number of hydrogen-bond acceptors (Lipinski definition) is 1. The molecule has 1 aromatic rings. The van der Waals surface area contributed by atoms with Crippen molar-refractivity contribution in [3.8, 4) is 0 Å². The van der Waals surface area contributed by atoms with Gasteiger partial charge in [0, 0.05) is 12.0 Å². The van der Waals surface area contributed by atoms with E-state index in [0.717, 1.165) is 17.8 Å². The normalized spacial score (nSPS) is 48.5. The molecule has 0 aliphatic heterocycles. The molecule has 2 N–H and O–H groups in total. The Labute approximate surface area is 121 Å². The quantitative estimate of drug-likeness (QED) is 0.862. The highest BCUT2D eigenvalue weighted by Gasteiger charge is 2.51. The van der Waals surface area contributed by atoms with Crippen LogP contribution in [0.25, 0.3) is 0 Å². The van der Waals surface area contributed by atoms with Crippen molar-refractivity contribution in [1.29, 1.82) is 0 Å². The highest BCUT2D eigenvalue weighted by molar-refractivity contribution is 5.36. The molecule has 20 heavy (non-hydrogen) atoms. The average molecular weight is 267 g/mol. The highest BCUT2D eigenvalue weighted by atomic mass is 14.7. The van der Waals surface area contributed by atoms with Gasteiger partial charge in [-0.1, -0.05) is 24.3 Å². The first-order valence-electron chi connectivity index (χ1n) is 8.58. The summed E-state index contributed by atoms with van der Waals surface area (Å²) in [5.74, 6) is 3.77. The average Bonchev–Trinajstić information content (AvgIpc) is 3.15. The Morgan fingerprint density at radius 2 is 1.30 bits per heavy atom. The molecule has 1 nitrogen and oxygen atoms in total. The molecule has 4 bridgehead atoms. The Bertz CT molecular complexity index is 494. The van der Waals surface area contributed by atoms with Gasteiger partial charge in [0.25, 0.3) is 0 Å². The van der Waals surface area contributed by atoms with E-state index in [1.54, 1.807) is 5.56 Å². The molecule has 0 heterocycles. The Morgan fingerprint density at radius 1 is 0.800 bits per heavy atom. The molecule has 0 aromatic heterocycles. The zero-order chi connectivity index (χ0) is 13.3. The minimum Gasteiger partial charge on any atom is -0.327 e. The summed E-state index contributed by atoms with van der Waals surface area (Å²) < 4.78 is 0. The zero-order valence-electron chi connectivity index (χ0n) is 12.2. The first-order valence-corrected chi connectivity index (χ1v) is 8.58. The van der Waals surface area contributed by atoms with Crippen LogP contribution in [0.4, 0.5) is 0 Å². The van der Waals surface area contributed by atoms with Crippen molar-refractivity contribution in [2.45, 2.75) is 62.3 Å². The fourth-order valence-electron chi connectivity index (χ4n) is 6.15. The van der Waals surface area contributed by atoms with Crippen LogP contribution in [0.5, 0.6) is 0 Å². The predicted molar refractivity (Wildman–Crippen MR) is 81.6 cm³/mol. The second-order valence-corrected chi connectivity index (χ2v) is 8.33. The minimum atomic E-state index is 0.431. The van der Waals surface area contributed by atoms with Crippen LogP contribution in [-0.4, -0.2) is 6.04 Å². The molecule has 5 fully saturated rings. The van der Waals surface area contributed by atoms with Crippen molar-refractivity contribution in [3.63, 3.8) is 0 Å². The molecule has 5 aliphatic rings. The third-order valence-corrected chi connectivity index (χ3v) is 6.83. The molecule has 2 atom stereocenters. The first-order chi connectivity index (χ1) is 9.72. The van der Waals surface area contributed by atoms with Gasteiger partial charge in [0.1, 0.15) is 0 Å². The van der Waals surface area contributed by atoms with Crippen LogP contribution in [0.1, 0.15) is 62.0 Å². The van der Waals surface area contributed by atoms with E-state index in [0.29, 0.717) is 17.4 Å². The van der Waals surface area contributed by atoms with E-state index < -0.39 is 0 Å². The SMILES string of the molecule is NC1CC1c1ccc(C23CC4CC(CC(C4)C2)C3)cc1. The molecular weight excluding hydrogens is 242 g/mol. The van der Waals surface area contributed by atoms with Crippen LogP contribution in [0, 0.1) is 17.8 Å². The second kappa shape index (κ2) is 3.88. The van der Waals surface area contributed by atoms with Crippen LogP contribution < -0.4 is 5.73 Å². The maximum Gasteiger partial charge on any atom is 0.0115 e. The van der Waals surface area contributed by atoms with Crippen molar-refractivity contribution in [2.75, 3.05) is 0 Å². The third kappa shape index (κ3) is 1.65. The van der Waals surface area contributed by atoms with Crippen molar-refractivity contribution in [1.82, 2.24) is 0 Å². The lowest BCUT2D eigenvalue weighted by Crippen LogP contribution is -2.48. The van der Waals surface area contributed by atoms with Crippen LogP contribution in [0.3, 0.4) is 0 Å². The molecule has 0 amide bonds. The molecule has 106 valence electrons. The summed E-state index contributed by atoms with van der Waals surface area (Å²) in [5.41, 5.74) is 9.66. The Morgan fingerprint density at radius 3 is 1.75 bits per heavy atom. The van der Waals surface area contributed by atoms with Crippen molar-refractivity contribution < 1.29 is 0 Å². The monoisotopic (exact) mass is 267 g/mol. The van der Waals surface area contributed by atoms with Gasteiger partial charge in [0.15, 0.2) is 0 Å². The van der Waals surface area contributed by atoms with Crippen molar-refractivity contribution >= 4 is 0 Å². The Kier molecular flexibility index (Phi) is 2.29. The van der Waals surface area contributed by atoms with Gasteiger partial charge >= 0.3 is 0 Å². The van der Waals surface area contributed by atoms with Gasteiger partial charge in [0.2, 0.25) is 0 Å². The van der Waals surface area contributed by atoms with Crippen molar-refractivity contribution in [2.24, 2.45) is 23.5 Å². The van der Waals surface area contributed by atoms with Gasteiger partial charge in [0.05, 0.1) is 0 Å². The van der Waals surface area contributed by atoms with Crippen molar-refractivity contribution in [3.05, 3.63) is 35.4 Å². The summed E-state index contributed by atoms with van der Waals surface area (Å²) in [6.45, 7) is 0. The molecule has 6 rings (SSSR count). The van der Waals surface area contributed by atoms with Gasteiger partial charge < -0.3 is 5.73 Å². The summed E-state index contributed by atoms with van der Waals surface area (Å²) in [4.78, 5) is 0. The Hall–Kier alpha value is -0.820. The van der Waals surface area contributed by atoms with Crippen LogP contribution in [-0.2, 0) is 5.41 Å². The van der Waals surface area contributed by atoms with E-state index in [4.69, 9.17) is 5.73 Å². The third-order valence-electron chi connectivity index (χ3n) is 6.83. The largest absolute Gasteiger partial charge is 0.327 e. The number of hydrogen-bond donors (Lipinski definition) is 1. The fraction of sp³-hybridized carbons (Fsp3) is 0.684. The second-order valence-electron chi connectivity index (χ2n) is 8.33. The van der Waals surface area contributed by atoms with E-state index >= 15 is 0 Å². The van der Waals surface area contributed by atoms with E-state index in [2.05, 4.69) is 24.3 Å². The summed E-state index contributed by atoms with van der Waals surface area (Å²) in [7, 11) is 0. The molecule has 0 spiro atoms. The van der Waals surface area contributed by atoms with E-state index in [9.17, 15) is 0 Å². The molecule has 1 heteroatoms. The highest BCUT2D eigenvalue weighted by Crippen LogP contribution is 2.60. The smallest absolute Gasteiger partial charge is 0.0115 e. The maximum atomic E-state index is 5.98. The predicted octanol–water partition coefficient (Wildman–Crippen LogP) is 3.97. The molecule has 5 saturated carbocycles. The lowest BCUT2D eigenvalue weighted by Gasteiger charge is -2.57. The molecule has 1 aromatic carbocycles. The van der Waals surface area contributed by atoms with E-state index in [-0.39, 0.29) is 0 Å². The van der Waals surface area contributed by atoms with E-state index in [1.165, 1.54) is 50.5 Å². The van der Waals surface area contributed by atoms with Gasteiger partial charge in [-0.25, -0.2) is 0 Å². The maximum absolute atomic E-state index is 5.98. The van der Waals surface area contributed by atoms with Crippen LogP contribution in [0.2, 0.25) is 0 Å². The lowest BCUT2D eigenvalue weighted by atomic mass is 9.48. The fourth-order valence-corrected chi connectivity index (χ4v) is 6.15. The van der Waals surface area contributed by atoms with Gasteiger partial charge in [-0.2, -0.15) is 0 Å². The number of rotatable bonds is 2. The molecule has 5 aliphatic carbocycles. The zero-order valence-corrected chi connectivity index (χ0v) is 12.2. The van der Waals surface area contributed by atoms with Gasteiger partial charge in [-0.05, 0) is 79.2 Å². The van der Waals surface area contributed by atoms with Crippen LogP contribution in [0.15, 0.2) is 24.3 Å². The molecule has 2 unspecified atom stereocenters. The number of benzene rings is 1.